The molecule has 0 radical (unpaired) electrons. The van der Waals surface area contributed by atoms with Crippen LogP contribution in [0.4, 0.5) is 5.69 Å². The lowest BCUT2D eigenvalue weighted by Crippen LogP contribution is -2.20. The van der Waals surface area contributed by atoms with Gasteiger partial charge in [-0.2, -0.15) is 0 Å². The molecule has 0 bridgehead atoms. The second-order valence-corrected chi connectivity index (χ2v) is 18.0. The van der Waals surface area contributed by atoms with Crippen molar-refractivity contribution in [1.29, 1.82) is 0 Å². The Morgan fingerprint density at radius 1 is 0.523 bits per heavy atom. The fourth-order valence-electron chi connectivity index (χ4n) is 8.19. The number of rotatable bonds is 2. The molecule has 0 unspecified atom stereocenters. The number of nitrogen functional groups attached to an aromatic ring is 1. The summed E-state index contributed by atoms with van der Waals surface area (Å²) in [5.41, 5.74) is 20.1. The average molecular weight is 644 g/mol. The van der Waals surface area contributed by atoms with Crippen LogP contribution in [0.3, 0.4) is 0 Å². The third-order valence-electron chi connectivity index (χ3n) is 10.2. The molecule has 1 nitrogen and oxygen atoms in total. The van der Waals surface area contributed by atoms with Gasteiger partial charge in [0.1, 0.15) is 0 Å². The molecule has 0 saturated carbocycles. The SMILES string of the molecule is Cc1ccc2sc(-c3cc4c(s3)-c3c(C)c5c(c(C)c3C4(C)C)-c3sc(-c4cc6cc(N)ccc6s4)cc3C5(C)C)cc2c1. The molecule has 0 atom stereocenters. The summed E-state index contributed by atoms with van der Waals surface area (Å²) in [6, 6.07) is 22.8. The van der Waals surface area contributed by atoms with E-state index in [0.717, 1.165) is 5.69 Å². The molecule has 2 aliphatic rings. The summed E-state index contributed by atoms with van der Waals surface area (Å²) in [7, 11) is 0. The predicted molar refractivity (Wildman–Crippen MR) is 198 cm³/mol. The molecule has 2 aliphatic carbocycles. The molecule has 2 N–H and O–H groups in total. The molecule has 9 rings (SSSR count). The van der Waals surface area contributed by atoms with E-state index < -0.39 is 0 Å². The summed E-state index contributed by atoms with van der Waals surface area (Å²) >= 11 is 7.78. The molecule has 0 fully saturated rings. The van der Waals surface area contributed by atoms with E-state index in [-0.39, 0.29) is 10.8 Å². The highest BCUT2D eigenvalue weighted by molar-refractivity contribution is 7.28. The molecule has 44 heavy (non-hydrogen) atoms. The highest BCUT2D eigenvalue weighted by Gasteiger charge is 2.47. The quantitative estimate of drug-likeness (QED) is 0.186. The van der Waals surface area contributed by atoms with Gasteiger partial charge < -0.3 is 5.73 Å². The number of fused-ring (bicyclic) bond motifs is 8. The second-order valence-electron chi connectivity index (χ2n) is 13.8. The molecule has 0 saturated heterocycles. The Balaban J connectivity index is 1.22. The van der Waals surface area contributed by atoms with Crippen molar-refractivity contribution >= 4 is 71.2 Å². The first-order chi connectivity index (χ1) is 20.9. The first-order valence-electron chi connectivity index (χ1n) is 15.2. The lowest BCUT2D eigenvalue weighted by molar-refractivity contribution is 0.646. The lowest BCUT2D eigenvalue weighted by atomic mass is 9.74. The molecule has 218 valence electrons. The van der Waals surface area contributed by atoms with Crippen LogP contribution in [-0.4, -0.2) is 0 Å². The number of aryl methyl sites for hydroxylation is 1. The third kappa shape index (κ3) is 3.44. The van der Waals surface area contributed by atoms with Crippen molar-refractivity contribution in [2.75, 3.05) is 5.73 Å². The summed E-state index contributed by atoms with van der Waals surface area (Å²) in [5, 5.41) is 2.59. The monoisotopic (exact) mass is 643 g/mol. The maximum absolute atomic E-state index is 6.11. The Hall–Kier alpha value is -3.22. The van der Waals surface area contributed by atoms with Gasteiger partial charge in [-0.05, 0) is 125 Å². The maximum atomic E-state index is 6.11. The van der Waals surface area contributed by atoms with Crippen molar-refractivity contribution in [2.24, 2.45) is 0 Å². The van der Waals surface area contributed by atoms with E-state index in [9.17, 15) is 0 Å². The van der Waals surface area contributed by atoms with Gasteiger partial charge in [-0.1, -0.05) is 45.4 Å². The van der Waals surface area contributed by atoms with Crippen LogP contribution in [0, 0.1) is 20.8 Å². The maximum Gasteiger partial charge on any atom is 0.0455 e. The van der Waals surface area contributed by atoms with Crippen LogP contribution >= 0.6 is 45.3 Å². The van der Waals surface area contributed by atoms with Gasteiger partial charge in [0, 0.05) is 55.2 Å². The van der Waals surface area contributed by atoms with E-state index in [1.807, 2.05) is 51.4 Å². The smallest absolute Gasteiger partial charge is 0.0455 e. The van der Waals surface area contributed by atoms with Gasteiger partial charge in [0.05, 0.1) is 0 Å². The van der Waals surface area contributed by atoms with Gasteiger partial charge in [0.15, 0.2) is 0 Å². The summed E-state index contributed by atoms with van der Waals surface area (Å²) < 4.78 is 2.67. The Morgan fingerprint density at radius 3 is 1.50 bits per heavy atom. The average Bonchev–Trinajstić information content (AvgIpc) is 3.78. The minimum Gasteiger partial charge on any atom is -0.399 e. The Labute approximate surface area is 274 Å². The Kier molecular flexibility index (Phi) is 5.38. The number of hydrogen-bond donors (Lipinski definition) is 1. The highest BCUT2D eigenvalue weighted by atomic mass is 32.1. The standard InChI is InChI=1S/C39H33NS4/c1-18-8-10-26-21(12-18)14-28(41-26)30-16-24-36(43-30)32-19(2)35-33(20(3)34(32)38(24,4)5)37-25(39(35,6)7)17-31(44-37)29-15-22-13-23(40)9-11-27(22)42-29/h8-17H,40H2,1-7H3. The predicted octanol–water partition coefficient (Wildman–Crippen LogP) is 12.7. The molecule has 0 amide bonds. The minimum atomic E-state index is -0.0548. The van der Waals surface area contributed by atoms with E-state index in [4.69, 9.17) is 5.73 Å². The fraction of sp³-hybridized carbons (Fsp3) is 0.231. The number of benzene rings is 3. The van der Waals surface area contributed by atoms with Crippen LogP contribution in [0.2, 0.25) is 0 Å². The van der Waals surface area contributed by atoms with Crippen LogP contribution in [0.25, 0.3) is 60.6 Å². The van der Waals surface area contributed by atoms with E-state index in [2.05, 4.69) is 103 Å². The van der Waals surface area contributed by atoms with Crippen molar-refractivity contribution < 1.29 is 0 Å². The summed E-state index contributed by atoms with van der Waals surface area (Å²) in [5.74, 6) is 0. The fourth-order valence-corrected chi connectivity index (χ4v) is 13.3. The topological polar surface area (TPSA) is 26.0 Å². The zero-order valence-electron chi connectivity index (χ0n) is 26.0. The Morgan fingerprint density at radius 2 is 0.977 bits per heavy atom. The van der Waals surface area contributed by atoms with Gasteiger partial charge in [-0.15, -0.1) is 45.3 Å². The van der Waals surface area contributed by atoms with Crippen molar-refractivity contribution in [1.82, 2.24) is 0 Å². The minimum absolute atomic E-state index is 0.0467. The normalized spacial score (nSPS) is 15.6. The number of thiophene rings is 4. The van der Waals surface area contributed by atoms with Crippen molar-refractivity contribution in [3.05, 3.63) is 99.6 Å². The summed E-state index contributed by atoms with van der Waals surface area (Å²) in [6.07, 6.45) is 0. The molecule has 3 aromatic carbocycles. The van der Waals surface area contributed by atoms with Gasteiger partial charge in [-0.3, -0.25) is 0 Å². The van der Waals surface area contributed by atoms with Crippen LogP contribution in [0.5, 0.6) is 0 Å². The molecule has 0 aliphatic heterocycles. The molecule has 0 spiro atoms. The van der Waals surface area contributed by atoms with Crippen molar-refractivity contribution in [3.8, 4) is 40.4 Å². The molecule has 4 aromatic heterocycles. The summed E-state index contributed by atoms with van der Waals surface area (Å²) in [4.78, 5) is 8.44. The zero-order valence-corrected chi connectivity index (χ0v) is 29.2. The van der Waals surface area contributed by atoms with E-state index >= 15 is 0 Å². The second kappa shape index (κ2) is 8.73. The van der Waals surface area contributed by atoms with E-state index in [1.54, 1.807) is 0 Å². The van der Waals surface area contributed by atoms with Crippen molar-refractivity contribution in [3.63, 3.8) is 0 Å². The molecular weight excluding hydrogens is 611 g/mol. The number of nitrogens with two attached hydrogens (primary N) is 1. The number of hydrogen-bond acceptors (Lipinski definition) is 5. The van der Waals surface area contributed by atoms with Gasteiger partial charge >= 0.3 is 0 Å². The third-order valence-corrected chi connectivity index (χ3v) is 15.1. The van der Waals surface area contributed by atoms with Crippen LogP contribution < -0.4 is 5.73 Å². The molecule has 4 heterocycles. The highest BCUT2D eigenvalue weighted by Crippen LogP contribution is 2.64. The largest absolute Gasteiger partial charge is 0.399 e. The van der Waals surface area contributed by atoms with Crippen molar-refractivity contribution in [2.45, 2.75) is 59.3 Å². The van der Waals surface area contributed by atoms with Gasteiger partial charge in [0.2, 0.25) is 0 Å². The van der Waals surface area contributed by atoms with Crippen LogP contribution in [-0.2, 0) is 10.8 Å². The molecule has 5 heteroatoms. The Bertz CT molecular complexity index is 2210. The van der Waals surface area contributed by atoms with E-state index in [0.29, 0.717) is 0 Å². The van der Waals surface area contributed by atoms with E-state index in [1.165, 1.54) is 99.5 Å². The lowest BCUT2D eigenvalue weighted by Gasteiger charge is -2.29. The van der Waals surface area contributed by atoms with Crippen LogP contribution in [0.15, 0.2) is 60.7 Å². The molecular formula is C39H33NS4. The molecule has 7 aromatic rings. The van der Waals surface area contributed by atoms with Gasteiger partial charge in [-0.25, -0.2) is 0 Å². The van der Waals surface area contributed by atoms with Crippen LogP contribution in [0.1, 0.15) is 66.6 Å². The number of anilines is 1. The first kappa shape index (κ1) is 27.1. The van der Waals surface area contributed by atoms with Gasteiger partial charge in [0.25, 0.3) is 0 Å². The first-order valence-corrected chi connectivity index (χ1v) is 18.5. The zero-order chi connectivity index (χ0) is 30.4. The summed E-state index contributed by atoms with van der Waals surface area (Å²) in [6.45, 7) is 16.8.